The molecule has 0 unspecified atom stereocenters. The van der Waals surface area contributed by atoms with Crippen LogP contribution in [0.5, 0.6) is 0 Å². The molecule has 6 rings (SSSR count). The van der Waals surface area contributed by atoms with Crippen LogP contribution in [0.15, 0.2) is 83.9 Å². The topological polar surface area (TPSA) is 102 Å². The van der Waals surface area contributed by atoms with E-state index in [0.717, 1.165) is 22.6 Å². The van der Waals surface area contributed by atoms with Crippen molar-refractivity contribution in [2.75, 3.05) is 26.2 Å². The largest absolute Gasteiger partial charge is 0.332 e. The van der Waals surface area contributed by atoms with E-state index >= 15 is 8.78 Å². The van der Waals surface area contributed by atoms with Crippen molar-refractivity contribution in [3.63, 3.8) is 0 Å². The number of carbonyl (C=O) groups excluding carboxylic acids is 1. The molecule has 0 aliphatic carbocycles. The summed E-state index contributed by atoms with van der Waals surface area (Å²) < 4.78 is 83.6. The third-order valence-electron chi connectivity index (χ3n) is 8.61. The van der Waals surface area contributed by atoms with Crippen molar-refractivity contribution < 1.29 is 30.8 Å². The van der Waals surface area contributed by atoms with Gasteiger partial charge < -0.3 is 4.90 Å². The molecule has 2 saturated heterocycles. The SMILES string of the molecule is NS(=O)(=O)c1ccc(CN2CCC(c3c(C(=O)N4C[C@@H](c5ccccc5)C(F)(F)C4)cnn3-c3ccc(F)cc3F)CC2)cc1. The van der Waals surface area contributed by atoms with Crippen LogP contribution in [0.1, 0.15) is 51.9 Å². The molecule has 2 aliphatic heterocycles. The number of benzene rings is 3. The van der Waals surface area contributed by atoms with Gasteiger partial charge >= 0.3 is 0 Å². The van der Waals surface area contributed by atoms with Gasteiger partial charge in [0.05, 0.1) is 34.8 Å². The zero-order valence-electron chi connectivity index (χ0n) is 24.1. The molecule has 0 radical (unpaired) electrons. The van der Waals surface area contributed by atoms with Gasteiger partial charge in [-0.15, -0.1) is 0 Å². The number of rotatable bonds is 7. The highest BCUT2D eigenvalue weighted by Crippen LogP contribution is 2.42. The number of nitrogens with two attached hydrogens (primary N) is 1. The summed E-state index contributed by atoms with van der Waals surface area (Å²) in [6, 6.07) is 17.7. The molecule has 0 saturated carbocycles. The Morgan fingerprint density at radius 2 is 1.67 bits per heavy atom. The first-order chi connectivity index (χ1) is 21.4. The molecule has 4 aromatic rings. The molecule has 1 amide bonds. The third-order valence-corrected chi connectivity index (χ3v) is 9.54. The molecule has 8 nitrogen and oxygen atoms in total. The van der Waals surface area contributed by atoms with Crippen LogP contribution in [-0.2, 0) is 16.6 Å². The van der Waals surface area contributed by atoms with Gasteiger partial charge in [-0.3, -0.25) is 9.69 Å². The Kier molecular flexibility index (Phi) is 8.27. The maximum Gasteiger partial charge on any atom is 0.273 e. The van der Waals surface area contributed by atoms with E-state index in [1.807, 2.05) is 0 Å². The molecule has 1 atom stereocenters. The number of likely N-dealkylation sites (tertiary alicyclic amines) is 2. The first kappa shape index (κ1) is 30.9. The molecule has 3 aromatic carbocycles. The van der Waals surface area contributed by atoms with Gasteiger partial charge in [-0.05, 0) is 61.3 Å². The first-order valence-electron chi connectivity index (χ1n) is 14.5. The lowest BCUT2D eigenvalue weighted by Gasteiger charge is -2.33. The van der Waals surface area contributed by atoms with Crippen LogP contribution in [0.3, 0.4) is 0 Å². The standard InChI is InChI=1S/C32H31F4N5O3S/c33-24-8-11-29(28(34)16-24)41-30(23-12-14-39(15-13-23)18-21-6-9-25(10-7-21)45(37,43)44)26(17-38-41)31(42)40-19-27(32(35,36)20-40)22-4-2-1-3-5-22/h1-11,16-17,23,27H,12-15,18-20H2,(H2,37,43,44)/t27-/m0/s1. The normalized spacial score (nSPS) is 19.2. The number of hydrogen-bond donors (Lipinski definition) is 1. The maximum absolute atomic E-state index is 15.2. The lowest BCUT2D eigenvalue weighted by Crippen LogP contribution is -2.35. The number of halogens is 4. The highest BCUT2D eigenvalue weighted by Gasteiger charge is 2.50. The van der Waals surface area contributed by atoms with Crippen LogP contribution in [0.25, 0.3) is 5.69 Å². The van der Waals surface area contributed by atoms with Crippen molar-refractivity contribution in [2.24, 2.45) is 5.14 Å². The first-order valence-corrected chi connectivity index (χ1v) is 16.0. The van der Waals surface area contributed by atoms with Crippen LogP contribution in [0, 0.1) is 11.6 Å². The van der Waals surface area contributed by atoms with Gasteiger partial charge in [0.2, 0.25) is 10.0 Å². The molecular weight excluding hydrogens is 610 g/mol. The van der Waals surface area contributed by atoms with Crippen LogP contribution >= 0.6 is 0 Å². The smallest absolute Gasteiger partial charge is 0.273 e. The quantitative estimate of drug-likeness (QED) is 0.285. The molecule has 45 heavy (non-hydrogen) atoms. The average Bonchev–Trinajstić information content (AvgIpc) is 3.58. The summed E-state index contributed by atoms with van der Waals surface area (Å²) in [5.74, 6) is -6.83. The summed E-state index contributed by atoms with van der Waals surface area (Å²) in [5, 5.41) is 9.51. The number of piperidine rings is 1. The van der Waals surface area contributed by atoms with E-state index in [-0.39, 0.29) is 28.6 Å². The summed E-state index contributed by atoms with van der Waals surface area (Å²) >= 11 is 0. The summed E-state index contributed by atoms with van der Waals surface area (Å²) in [6.45, 7) is 0.769. The van der Waals surface area contributed by atoms with Crippen LogP contribution in [0.2, 0.25) is 0 Å². The molecule has 236 valence electrons. The minimum atomic E-state index is -3.80. The zero-order valence-corrected chi connectivity index (χ0v) is 24.9. The highest BCUT2D eigenvalue weighted by atomic mass is 32.2. The number of hydrogen-bond acceptors (Lipinski definition) is 5. The fraction of sp³-hybridized carbons (Fsp3) is 0.312. The Hall–Kier alpha value is -4.07. The second-order valence-electron chi connectivity index (χ2n) is 11.6. The number of alkyl halides is 2. The van der Waals surface area contributed by atoms with Crippen molar-refractivity contribution in [2.45, 2.75) is 42.0 Å². The van der Waals surface area contributed by atoms with Crippen LogP contribution in [-0.4, -0.2) is 66.0 Å². The van der Waals surface area contributed by atoms with Crippen molar-refractivity contribution in [1.29, 1.82) is 0 Å². The van der Waals surface area contributed by atoms with E-state index in [1.54, 1.807) is 42.5 Å². The summed E-state index contributed by atoms with van der Waals surface area (Å²) in [7, 11) is -3.80. The predicted molar refractivity (Wildman–Crippen MR) is 159 cm³/mol. The lowest BCUT2D eigenvalue weighted by atomic mass is 9.90. The van der Waals surface area contributed by atoms with Gasteiger partial charge in [-0.2, -0.15) is 5.10 Å². The molecule has 0 bridgehead atoms. The molecule has 13 heteroatoms. The van der Waals surface area contributed by atoms with E-state index in [9.17, 15) is 22.0 Å². The molecule has 2 aliphatic rings. The number of nitrogens with zero attached hydrogens (tertiary/aromatic N) is 4. The van der Waals surface area contributed by atoms with Crippen LogP contribution < -0.4 is 5.14 Å². The monoisotopic (exact) mass is 641 g/mol. The fourth-order valence-corrected chi connectivity index (χ4v) is 6.83. The second kappa shape index (κ2) is 12.0. The number of carbonyl (C=O) groups is 1. The number of primary sulfonamides is 1. The third kappa shape index (κ3) is 6.37. The van der Waals surface area contributed by atoms with Crippen LogP contribution in [0.4, 0.5) is 17.6 Å². The van der Waals surface area contributed by atoms with Crippen molar-refractivity contribution in [3.8, 4) is 5.69 Å². The van der Waals surface area contributed by atoms with E-state index in [1.165, 1.54) is 29.1 Å². The Bertz CT molecular complexity index is 1810. The van der Waals surface area contributed by atoms with E-state index in [4.69, 9.17) is 5.14 Å². The highest BCUT2D eigenvalue weighted by molar-refractivity contribution is 7.89. The lowest BCUT2D eigenvalue weighted by molar-refractivity contribution is -0.00244. The molecule has 1 aromatic heterocycles. The number of amides is 1. The Morgan fingerprint density at radius 1 is 0.978 bits per heavy atom. The number of aromatic nitrogens is 2. The van der Waals surface area contributed by atoms with E-state index in [0.29, 0.717) is 43.7 Å². The fourth-order valence-electron chi connectivity index (χ4n) is 6.31. The Morgan fingerprint density at radius 3 is 2.31 bits per heavy atom. The maximum atomic E-state index is 15.2. The van der Waals surface area contributed by atoms with Crippen molar-refractivity contribution >= 4 is 15.9 Å². The number of sulfonamides is 1. The van der Waals surface area contributed by atoms with Gasteiger partial charge in [-0.25, -0.2) is 35.8 Å². The molecular formula is C32H31F4N5O3S. The molecule has 3 heterocycles. The van der Waals surface area contributed by atoms with E-state index < -0.39 is 46.0 Å². The minimum absolute atomic E-state index is 0.0225. The van der Waals surface area contributed by atoms with Gasteiger partial charge in [0.25, 0.3) is 11.8 Å². The van der Waals surface area contributed by atoms with Gasteiger partial charge in [0, 0.05) is 25.1 Å². The van der Waals surface area contributed by atoms with Gasteiger partial charge in [0.1, 0.15) is 11.5 Å². The van der Waals surface area contributed by atoms with Crippen molar-refractivity contribution in [3.05, 3.63) is 113 Å². The average molecular weight is 642 g/mol. The van der Waals surface area contributed by atoms with E-state index in [2.05, 4.69) is 10.00 Å². The molecule has 2 fully saturated rings. The summed E-state index contributed by atoms with van der Waals surface area (Å²) in [4.78, 5) is 17.2. The zero-order chi connectivity index (χ0) is 31.9. The summed E-state index contributed by atoms with van der Waals surface area (Å²) in [6.07, 6.45) is 2.38. The van der Waals surface area contributed by atoms with Crippen molar-refractivity contribution in [1.82, 2.24) is 19.6 Å². The molecule has 2 N–H and O–H groups in total. The summed E-state index contributed by atoms with van der Waals surface area (Å²) in [5.41, 5.74) is 1.79. The Labute approximate surface area is 258 Å². The molecule has 0 spiro atoms. The van der Waals surface area contributed by atoms with Gasteiger partial charge in [0.15, 0.2) is 5.82 Å². The second-order valence-corrected chi connectivity index (χ2v) is 13.2. The van der Waals surface area contributed by atoms with Gasteiger partial charge in [-0.1, -0.05) is 42.5 Å². The Balaban J connectivity index is 1.26. The minimum Gasteiger partial charge on any atom is -0.332 e. The predicted octanol–water partition coefficient (Wildman–Crippen LogP) is 5.05.